The van der Waals surface area contributed by atoms with Crippen LogP contribution in [0, 0.1) is 6.92 Å². The van der Waals surface area contributed by atoms with Crippen LogP contribution in [0.4, 0.5) is 5.82 Å². The highest BCUT2D eigenvalue weighted by atomic mass is 35.5. The average Bonchev–Trinajstić information content (AvgIpc) is 2.57. The summed E-state index contributed by atoms with van der Waals surface area (Å²) in [5.74, 6) is 1.34. The molecule has 2 saturated heterocycles. The van der Waals surface area contributed by atoms with Gasteiger partial charge < -0.3 is 9.80 Å². The molecular formula is C14H23ClN6O2S. The first-order valence-electron chi connectivity index (χ1n) is 8.06. The van der Waals surface area contributed by atoms with Crippen LogP contribution in [0.3, 0.4) is 0 Å². The molecule has 2 aliphatic rings. The lowest BCUT2D eigenvalue weighted by atomic mass is 10.3. The van der Waals surface area contributed by atoms with Crippen LogP contribution in [0.25, 0.3) is 0 Å². The molecule has 2 aliphatic heterocycles. The predicted molar refractivity (Wildman–Crippen MR) is 93.6 cm³/mol. The first kappa shape index (κ1) is 17.8. The highest BCUT2D eigenvalue weighted by Gasteiger charge is 2.34. The molecule has 0 aliphatic carbocycles. The Morgan fingerprint density at radius 2 is 1.54 bits per heavy atom. The van der Waals surface area contributed by atoms with Crippen LogP contribution in [-0.4, -0.2) is 91.3 Å². The van der Waals surface area contributed by atoms with Gasteiger partial charge in [0.15, 0.2) is 5.82 Å². The maximum Gasteiger partial charge on any atom is 0.282 e. The van der Waals surface area contributed by atoms with Crippen LogP contribution in [0.2, 0.25) is 5.02 Å². The number of hydrogen-bond acceptors (Lipinski definition) is 6. The van der Waals surface area contributed by atoms with E-state index in [9.17, 15) is 8.42 Å². The highest BCUT2D eigenvalue weighted by molar-refractivity contribution is 7.86. The monoisotopic (exact) mass is 374 g/mol. The first-order valence-corrected chi connectivity index (χ1v) is 9.83. The fourth-order valence-electron chi connectivity index (χ4n) is 2.98. The minimum Gasteiger partial charge on any atom is -0.353 e. The molecule has 1 aromatic heterocycles. The van der Waals surface area contributed by atoms with Crippen molar-refractivity contribution in [2.75, 3.05) is 64.3 Å². The van der Waals surface area contributed by atoms with Gasteiger partial charge in [0.25, 0.3) is 10.2 Å². The van der Waals surface area contributed by atoms with Crippen LogP contribution in [0.1, 0.15) is 5.82 Å². The number of halogens is 1. The largest absolute Gasteiger partial charge is 0.353 e. The van der Waals surface area contributed by atoms with Crippen molar-refractivity contribution in [1.29, 1.82) is 0 Å². The molecule has 0 radical (unpaired) electrons. The van der Waals surface area contributed by atoms with E-state index in [1.54, 1.807) is 14.8 Å². The van der Waals surface area contributed by atoms with E-state index in [1.165, 1.54) is 0 Å². The smallest absolute Gasteiger partial charge is 0.282 e. The van der Waals surface area contributed by atoms with Crippen molar-refractivity contribution in [3.63, 3.8) is 0 Å². The van der Waals surface area contributed by atoms with E-state index in [4.69, 9.17) is 11.6 Å². The van der Waals surface area contributed by atoms with E-state index in [-0.39, 0.29) is 0 Å². The average molecular weight is 375 g/mol. The Bertz CT molecular complexity index is 685. The number of anilines is 1. The van der Waals surface area contributed by atoms with Gasteiger partial charge in [-0.1, -0.05) is 11.6 Å². The third-order valence-electron chi connectivity index (χ3n) is 4.50. The summed E-state index contributed by atoms with van der Waals surface area (Å²) < 4.78 is 28.7. The van der Waals surface area contributed by atoms with Gasteiger partial charge in [0.1, 0.15) is 10.8 Å². The Morgan fingerprint density at radius 3 is 2.12 bits per heavy atom. The van der Waals surface area contributed by atoms with Crippen molar-refractivity contribution in [3.05, 3.63) is 17.0 Å². The molecule has 0 saturated carbocycles. The molecule has 3 heterocycles. The van der Waals surface area contributed by atoms with Crippen molar-refractivity contribution in [2.24, 2.45) is 0 Å². The first-order chi connectivity index (χ1) is 11.4. The summed E-state index contributed by atoms with van der Waals surface area (Å²) in [5, 5.41) is 0.496. The molecule has 24 heavy (non-hydrogen) atoms. The number of aryl methyl sites for hydroxylation is 1. The molecular weight excluding hydrogens is 352 g/mol. The summed E-state index contributed by atoms with van der Waals surface area (Å²) in [7, 11) is -1.37. The Hall–Kier alpha value is -1.00. The van der Waals surface area contributed by atoms with E-state index in [0.29, 0.717) is 55.9 Å². The predicted octanol–water partition coefficient (Wildman–Crippen LogP) is 0.0526. The second-order valence-corrected chi connectivity index (χ2v) is 8.52. The van der Waals surface area contributed by atoms with Crippen molar-refractivity contribution >= 4 is 27.6 Å². The van der Waals surface area contributed by atoms with Crippen molar-refractivity contribution in [3.8, 4) is 0 Å². The van der Waals surface area contributed by atoms with Gasteiger partial charge in [-0.15, -0.1) is 0 Å². The number of piperazine rings is 2. The molecule has 2 fully saturated rings. The highest BCUT2D eigenvalue weighted by Crippen LogP contribution is 2.24. The number of hydrogen-bond donors (Lipinski definition) is 0. The lowest BCUT2D eigenvalue weighted by Gasteiger charge is -2.39. The van der Waals surface area contributed by atoms with Gasteiger partial charge in [-0.05, 0) is 14.0 Å². The summed E-state index contributed by atoms with van der Waals surface area (Å²) in [6, 6.07) is 0. The molecule has 8 nitrogen and oxygen atoms in total. The van der Waals surface area contributed by atoms with E-state index in [1.807, 2.05) is 18.9 Å². The Kier molecular flexibility index (Phi) is 5.26. The number of rotatable bonds is 3. The minimum atomic E-state index is -3.38. The van der Waals surface area contributed by atoms with E-state index >= 15 is 0 Å². The van der Waals surface area contributed by atoms with Crippen LogP contribution in [0.15, 0.2) is 6.20 Å². The molecule has 0 aromatic carbocycles. The quantitative estimate of drug-likeness (QED) is 0.744. The Morgan fingerprint density at radius 1 is 1.00 bits per heavy atom. The second kappa shape index (κ2) is 7.09. The van der Waals surface area contributed by atoms with Crippen LogP contribution in [-0.2, 0) is 10.2 Å². The zero-order valence-electron chi connectivity index (χ0n) is 14.0. The zero-order valence-corrected chi connectivity index (χ0v) is 15.6. The van der Waals surface area contributed by atoms with Gasteiger partial charge in [-0.3, -0.25) is 0 Å². The van der Waals surface area contributed by atoms with Gasteiger partial charge in [0.05, 0.1) is 6.20 Å². The summed E-state index contributed by atoms with van der Waals surface area (Å²) in [6.45, 7) is 6.48. The van der Waals surface area contributed by atoms with Crippen molar-refractivity contribution < 1.29 is 8.42 Å². The van der Waals surface area contributed by atoms with E-state index in [0.717, 1.165) is 13.1 Å². The summed E-state index contributed by atoms with van der Waals surface area (Å²) in [4.78, 5) is 12.6. The fourth-order valence-corrected chi connectivity index (χ4v) is 4.76. The molecule has 0 N–H and O–H groups in total. The van der Waals surface area contributed by atoms with Gasteiger partial charge in [-0.25, -0.2) is 9.97 Å². The van der Waals surface area contributed by atoms with Gasteiger partial charge >= 0.3 is 0 Å². The molecule has 0 amide bonds. The SMILES string of the molecule is Cc1ncc(Cl)c(N2CCN(S(=O)(=O)N3CCN(C)CC3)CC2)n1. The maximum absolute atomic E-state index is 12.8. The third kappa shape index (κ3) is 3.65. The Labute approximate surface area is 148 Å². The standard InChI is InChI=1S/C14H23ClN6O2S/c1-12-16-11-13(15)14(17-12)19-5-9-21(10-6-19)24(22,23)20-7-3-18(2)4-8-20/h11H,3-10H2,1-2H3. The van der Waals surface area contributed by atoms with Crippen LogP contribution in [0.5, 0.6) is 0 Å². The maximum atomic E-state index is 12.8. The minimum absolute atomic E-state index is 0.439. The van der Waals surface area contributed by atoms with Gasteiger partial charge in [0.2, 0.25) is 0 Å². The second-order valence-electron chi connectivity index (χ2n) is 6.18. The van der Waals surface area contributed by atoms with Crippen LogP contribution >= 0.6 is 11.6 Å². The van der Waals surface area contributed by atoms with Crippen molar-refractivity contribution in [2.45, 2.75) is 6.92 Å². The van der Waals surface area contributed by atoms with Crippen molar-refractivity contribution in [1.82, 2.24) is 23.5 Å². The summed E-state index contributed by atoms with van der Waals surface area (Å²) in [5.41, 5.74) is 0. The lowest BCUT2D eigenvalue weighted by molar-refractivity contribution is 0.210. The molecule has 0 unspecified atom stereocenters. The fraction of sp³-hybridized carbons (Fsp3) is 0.714. The van der Waals surface area contributed by atoms with E-state index < -0.39 is 10.2 Å². The third-order valence-corrected chi connectivity index (χ3v) is 6.80. The van der Waals surface area contributed by atoms with Crippen LogP contribution < -0.4 is 4.90 Å². The topological polar surface area (TPSA) is 72.9 Å². The summed E-state index contributed by atoms with van der Waals surface area (Å²) >= 11 is 6.18. The van der Waals surface area contributed by atoms with Gasteiger partial charge in [-0.2, -0.15) is 17.0 Å². The van der Waals surface area contributed by atoms with E-state index in [2.05, 4.69) is 14.9 Å². The zero-order chi connectivity index (χ0) is 17.3. The number of nitrogens with zero attached hydrogens (tertiary/aromatic N) is 6. The number of aromatic nitrogens is 2. The molecule has 0 atom stereocenters. The molecule has 10 heteroatoms. The molecule has 0 spiro atoms. The molecule has 0 bridgehead atoms. The molecule has 1 aromatic rings. The summed E-state index contributed by atoms with van der Waals surface area (Å²) in [6.07, 6.45) is 1.59. The molecule has 3 rings (SSSR count). The van der Waals surface area contributed by atoms with Gasteiger partial charge in [0, 0.05) is 52.4 Å². The Balaban J connectivity index is 1.65. The normalized spacial score (nSPS) is 22.0. The lowest BCUT2D eigenvalue weighted by Crippen LogP contribution is -2.56. The molecule has 134 valence electrons. The number of likely N-dealkylation sites (N-methyl/N-ethyl adjacent to an activating group) is 1.